The molecular formula is C9H7BrF2N2. The smallest absolute Gasteiger partial charge is 0.250 e. The van der Waals surface area contributed by atoms with Gasteiger partial charge in [0.1, 0.15) is 5.69 Å². The monoisotopic (exact) mass is 260 g/mol. The first-order valence-corrected chi connectivity index (χ1v) is 5.01. The van der Waals surface area contributed by atoms with Gasteiger partial charge in [0.2, 0.25) is 0 Å². The van der Waals surface area contributed by atoms with Gasteiger partial charge in [-0.2, -0.15) is 5.26 Å². The maximum absolute atomic E-state index is 12.3. The molecule has 0 aliphatic heterocycles. The van der Waals surface area contributed by atoms with E-state index in [2.05, 4.69) is 20.9 Å². The van der Waals surface area contributed by atoms with Crippen LogP contribution in [0.1, 0.15) is 23.4 Å². The van der Waals surface area contributed by atoms with Gasteiger partial charge in [-0.3, -0.25) is 4.98 Å². The van der Waals surface area contributed by atoms with E-state index in [9.17, 15) is 8.78 Å². The Bertz CT molecular complexity index is 360. The highest BCUT2D eigenvalue weighted by Crippen LogP contribution is 2.19. The zero-order chi connectivity index (χ0) is 10.6. The zero-order valence-electron chi connectivity index (χ0n) is 7.17. The van der Waals surface area contributed by atoms with Gasteiger partial charge in [-0.15, -0.1) is 0 Å². The van der Waals surface area contributed by atoms with Crippen LogP contribution in [0, 0.1) is 11.3 Å². The molecule has 2 nitrogen and oxygen atoms in total. The summed E-state index contributed by atoms with van der Waals surface area (Å²) < 4.78 is 24.5. The molecule has 1 aromatic heterocycles. The third kappa shape index (κ3) is 2.48. The Morgan fingerprint density at radius 3 is 2.71 bits per heavy atom. The Hall–Kier alpha value is -1.02. The quantitative estimate of drug-likeness (QED) is 0.784. The van der Waals surface area contributed by atoms with Gasteiger partial charge in [0, 0.05) is 5.33 Å². The summed E-state index contributed by atoms with van der Waals surface area (Å²) >= 11 is 3.20. The van der Waals surface area contributed by atoms with E-state index in [1.165, 1.54) is 6.07 Å². The highest BCUT2D eigenvalue weighted by atomic mass is 79.9. The van der Waals surface area contributed by atoms with Crippen LogP contribution in [0.4, 0.5) is 8.78 Å². The minimum Gasteiger partial charge on any atom is -0.250 e. The second kappa shape index (κ2) is 5.01. The van der Waals surface area contributed by atoms with Crippen LogP contribution in [-0.4, -0.2) is 4.98 Å². The van der Waals surface area contributed by atoms with Crippen LogP contribution in [-0.2, 0) is 11.8 Å². The summed E-state index contributed by atoms with van der Waals surface area (Å²) in [5.74, 6) is 0. The lowest BCUT2D eigenvalue weighted by Crippen LogP contribution is -1.99. The van der Waals surface area contributed by atoms with E-state index in [-0.39, 0.29) is 12.1 Å². The molecule has 0 saturated carbocycles. The number of hydrogen-bond acceptors (Lipinski definition) is 2. The number of rotatable bonds is 3. The standard InChI is InChI=1S/C9H7BrF2N2/c10-5-6-1-2-8(9(11)12)14-7(6)3-4-13/h1-2,9H,3,5H2. The molecule has 14 heavy (non-hydrogen) atoms. The van der Waals surface area contributed by atoms with E-state index in [4.69, 9.17) is 5.26 Å². The Kier molecular flexibility index (Phi) is 3.96. The van der Waals surface area contributed by atoms with Gasteiger partial charge in [0.15, 0.2) is 0 Å². The van der Waals surface area contributed by atoms with Crippen molar-refractivity contribution >= 4 is 15.9 Å². The summed E-state index contributed by atoms with van der Waals surface area (Å²) in [4.78, 5) is 3.73. The molecule has 0 saturated heterocycles. The van der Waals surface area contributed by atoms with Crippen molar-refractivity contribution in [1.29, 1.82) is 5.26 Å². The maximum Gasteiger partial charge on any atom is 0.280 e. The van der Waals surface area contributed by atoms with Gasteiger partial charge in [-0.25, -0.2) is 8.78 Å². The molecule has 1 heterocycles. The number of hydrogen-bond donors (Lipinski definition) is 0. The molecule has 0 aliphatic carbocycles. The molecule has 1 rings (SSSR count). The van der Waals surface area contributed by atoms with Gasteiger partial charge >= 0.3 is 0 Å². The molecule has 0 N–H and O–H groups in total. The van der Waals surface area contributed by atoms with Crippen LogP contribution in [0.5, 0.6) is 0 Å². The van der Waals surface area contributed by atoms with Crippen LogP contribution in [0.25, 0.3) is 0 Å². The van der Waals surface area contributed by atoms with E-state index < -0.39 is 6.43 Å². The topological polar surface area (TPSA) is 36.7 Å². The molecule has 0 fully saturated rings. The Balaban J connectivity index is 3.08. The van der Waals surface area contributed by atoms with E-state index in [1.807, 2.05) is 6.07 Å². The van der Waals surface area contributed by atoms with E-state index in [0.717, 1.165) is 5.56 Å². The maximum atomic E-state index is 12.3. The number of alkyl halides is 3. The summed E-state index contributed by atoms with van der Waals surface area (Å²) in [5.41, 5.74) is 0.915. The van der Waals surface area contributed by atoms with Crippen LogP contribution in [0.2, 0.25) is 0 Å². The third-order valence-electron chi connectivity index (χ3n) is 1.70. The average Bonchev–Trinajstić information content (AvgIpc) is 2.18. The van der Waals surface area contributed by atoms with Crippen molar-refractivity contribution in [2.24, 2.45) is 0 Å². The Morgan fingerprint density at radius 1 is 1.50 bits per heavy atom. The van der Waals surface area contributed by atoms with Crippen molar-refractivity contribution in [2.75, 3.05) is 0 Å². The molecule has 0 aliphatic rings. The highest BCUT2D eigenvalue weighted by Gasteiger charge is 2.11. The number of nitriles is 1. The van der Waals surface area contributed by atoms with Crippen molar-refractivity contribution < 1.29 is 8.78 Å². The summed E-state index contributed by atoms with van der Waals surface area (Å²) in [5, 5.41) is 8.99. The molecule has 0 radical (unpaired) electrons. The van der Waals surface area contributed by atoms with Crippen LogP contribution < -0.4 is 0 Å². The minimum atomic E-state index is -2.59. The zero-order valence-corrected chi connectivity index (χ0v) is 8.76. The van der Waals surface area contributed by atoms with Crippen molar-refractivity contribution in [1.82, 2.24) is 4.98 Å². The van der Waals surface area contributed by atoms with Crippen LogP contribution in [0.3, 0.4) is 0 Å². The summed E-state index contributed by atoms with van der Waals surface area (Å²) in [6.07, 6.45) is -2.53. The molecule has 0 spiro atoms. The Labute approximate surface area is 88.7 Å². The third-order valence-corrected chi connectivity index (χ3v) is 2.31. The second-order valence-electron chi connectivity index (χ2n) is 2.61. The van der Waals surface area contributed by atoms with Gasteiger partial charge in [-0.05, 0) is 11.6 Å². The van der Waals surface area contributed by atoms with Crippen LogP contribution in [0.15, 0.2) is 12.1 Å². The first kappa shape index (κ1) is 11.1. The molecule has 0 aromatic carbocycles. The van der Waals surface area contributed by atoms with E-state index in [0.29, 0.717) is 11.0 Å². The molecule has 0 unspecified atom stereocenters. The molecule has 0 bridgehead atoms. The van der Waals surface area contributed by atoms with Gasteiger partial charge in [0.05, 0.1) is 18.2 Å². The predicted octanol–water partition coefficient (Wildman–Crippen LogP) is 2.98. The van der Waals surface area contributed by atoms with Gasteiger partial charge in [-0.1, -0.05) is 22.0 Å². The number of pyridine rings is 1. The van der Waals surface area contributed by atoms with E-state index in [1.54, 1.807) is 6.07 Å². The summed E-state index contributed by atoms with van der Waals surface area (Å²) in [6.45, 7) is 0. The van der Waals surface area contributed by atoms with Gasteiger partial charge in [0.25, 0.3) is 6.43 Å². The average molecular weight is 261 g/mol. The van der Waals surface area contributed by atoms with Gasteiger partial charge < -0.3 is 0 Å². The van der Waals surface area contributed by atoms with E-state index >= 15 is 0 Å². The molecular weight excluding hydrogens is 254 g/mol. The highest BCUT2D eigenvalue weighted by molar-refractivity contribution is 9.08. The van der Waals surface area contributed by atoms with Crippen molar-refractivity contribution in [2.45, 2.75) is 18.2 Å². The predicted molar refractivity (Wildman–Crippen MR) is 51.1 cm³/mol. The largest absolute Gasteiger partial charge is 0.280 e. The lowest BCUT2D eigenvalue weighted by Gasteiger charge is -2.05. The fraction of sp³-hybridized carbons (Fsp3) is 0.333. The fourth-order valence-electron chi connectivity index (χ4n) is 1.02. The molecule has 1 aromatic rings. The number of halogens is 3. The molecule has 0 atom stereocenters. The first-order chi connectivity index (χ1) is 6.69. The van der Waals surface area contributed by atoms with Crippen molar-refractivity contribution in [3.8, 4) is 6.07 Å². The first-order valence-electron chi connectivity index (χ1n) is 3.88. The molecule has 0 amide bonds. The lowest BCUT2D eigenvalue weighted by atomic mass is 10.1. The number of aromatic nitrogens is 1. The second-order valence-corrected chi connectivity index (χ2v) is 3.17. The van der Waals surface area contributed by atoms with Crippen LogP contribution >= 0.6 is 15.9 Å². The lowest BCUT2D eigenvalue weighted by molar-refractivity contribution is 0.146. The minimum absolute atomic E-state index is 0.0570. The Morgan fingerprint density at radius 2 is 2.21 bits per heavy atom. The van der Waals surface area contributed by atoms with Crippen molar-refractivity contribution in [3.05, 3.63) is 29.1 Å². The fourth-order valence-corrected chi connectivity index (χ4v) is 1.53. The molecule has 5 heteroatoms. The summed E-state index contributed by atoms with van der Waals surface area (Å²) in [6, 6.07) is 4.74. The summed E-state index contributed by atoms with van der Waals surface area (Å²) in [7, 11) is 0. The SMILES string of the molecule is N#CCc1nc(C(F)F)ccc1CBr. The normalized spacial score (nSPS) is 10.2. The van der Waals surface area contributed by atoms with Crippen molar-refractivity contribution in [3.63, 3.8) is 0 Å². The number of nitrogens with zero attached hydrogens (tertiary/aromatic N) is 2. The molecule has 74 valence electrons.